The van der Waals surface area contributed by atoms with Crippen LogP contribution in [0.5, 0.6) is 0 Å². The van der Waals surface area contributed by atoms with Gasteiger partial charge in [-0.15, -0.1) is 0 Å². The summed E-state index contributed by atoms with van der Waals surface area (Å²) >= 11 is 0. The summed E-state index contributed by atoms with van der Waals surface area (Å²) in [4.78, 5) is 0. The lowest BCUT2D eigenvalue weighted by Crippen LogP contribution is -2.03. The Bertz CT molecular complexity index is 321. The molecule has 0 amide bonds. The molecular weight excluding hydrogens is 164 g/mol. The van der Waals surface area contributed by atoms with E-state index in [0.717, 1.165) is 0 Å². The third-order valence-corrected chi connectivity index (χ3v) is 1.59. The topological polar surface area (TPSA) is 104 Å². The minimum Gasteiger partial charge on any atom is -0.402 e. The molecule has 0 aromatic carbocycles. The van der Waals surface area contributed by atoms with Gasteiger partial charge in [-0.3, -0.25) is 0 Å². The van der Waals surface area contributed by atoms with Crippen molar-refractivity contribution in [1.82, 2.24) is 0 Å². The van der Waals surface area contributed by atoms with Gasteiger partial charge in [-0.1, -0.05) is 6.08 Å². The minimum absolute atomic E-state index is 0.525. The Morgan fingerprint density at radius 2 is 1.31 bits per heavy atom. The molecule has 0 spiro atoms. The summed E-state index contributed by atoms with van der Waals surface area (Å²) in [6, 6.07) is 0. The maximum absolute atomic E-state index is 5.65. The molecule has 1 rings (SSSR count). The van der Waals surface area contributed by atoms with Gasteiger partial charge in [0.25, 0.3) is 0 Å². The standard InChI is InChI=1S/C9H14N4/c10-6-1-2-7(11)4-9(13)5-8(12)3-6/h1,3-5H,2,10-13H2/b6-1+,7-4+,8-3+,9-5+. The first-order valence-corrected chi connectivity index (χ1v) is 3.94. The SMILES string of the molecule is NC1=C\C\C(N)=C/C(N)=C\C(N)=C/1. The Labute approximate surface area is 77.3 Å². The lowest BCUT2D eigenvalue weighted by molar-refractivity contribution is 1.13. The highest BCUT2D eigenvalue weighted by Gasteiger charge is 1.96. The van der Waals surface area contributed by atoms with Crippen molar-refractivity contribution in [2.45, 2.75) is 6.42 Å². The van der Waals surface area contributed by atoms with E-state index in [4.69, 9.17) is 22.9 Å². The molecule has 0 aromatic rings. The highest BCUT2D eigenvalue weighted by atomic mass is 14.7. The van der Waals surface area contributed by atoms with Crippen molar-refractivity contribution >= 4 is 0 Å². The summed E-state index contributed by atoms with van der Waals surface area (Å²) in [7, 11) is 0. The van der Waals surface area contributed by atoms with Crippen LogP contribution in [-0.4, -0.2) is 0 Å². The predicted molar refractivity (Wildman–Crippen MR) is 53.7 cm³/mol. The van der Waals surface area contributed by atoms with Gasteiger partial charge >= 0.3 is 0 Å². The fraction of sp³-hybridized carbons (Fsp3) is 0.111. The molecule has 1 aliphatic rings. The summed E-state index contributed by atoms with van der Waals surface area (Å²) in [5.74, 6) is 0. The number of hydrogen-bond donors (Lipinski definition) is 4. The summed E-state index contributed by atoms with van der Waals surface area (Å²) in [6.45, 7) is 0. The molecule has 8 N–H and O–H groups in total. The van der Waals surface area contributed by atoms with Gasteiger partial charge in [0.1, 0.15) is 0 Å². The van der Waals surface area contributed by atoms with Crippen LogP contribution in [0, 0.1) is 0 Å². The summed E-state index contributed by atoms with van der Waals surface area (Å²) in [6.07, 6.45) is 7.34. The summed E-state index contributed by atoms with van der Waals surface area (Å²) < 4.78 is 0. The van der Waals surface area contributed by atoms with Crippen molar-refractivity contribution in [3.8, 4) is 0 Å². The third kappa shape index (κ3) is 2.94. The zero-order valence-corrected chi connectivity index (χ0v) is 7.33. The van der Waals surface area contributed by atoms with Gasteiger partial charge in [-0.25, -0.2) is 0 Å². The fourth-order valence-electron chi connectivity index (χ4n) is 1.04. The van der Waals surface area contributed by atoms with Gasteiger partial charge in [0, 0.05) is 29.2 Å². The quantitative estimate of drug-likeness (QED) is 0.411. The molecular formula is C9H14N4. The largest absolute Gasteiger partial charge is 0.402 e. The van der Waals surface area contributed by atoms with E-state index in [1.165, 1.54) is 0 Å². The number of allylic oxidation sites excluding steroid dienone is 4. The molecule has 0 heterocycles. The van der Waals surface area contributed by atoms with Gasteiger partial charge in [0.15, 0.2) is 0 Å². The Hall–Kier alpha value is -1.84. The first-order chi connectivity index (χ1) is 6.08. The van der Waals surface area contributed by atoms with E-state index in [9.17, 15) is 0 Å². The minimum atomic E-state index is 0.525. The van der Waals surface area contributed by atoms with E-state index in [-0.39, 0.29) is 0 Å². The third-order valence-electron chi connectivity index (χ3n) is 1.59. The van der Waals surface area contributed by atoms with Crippen LogP contribution >= 0.6 is 0 Å². The van der Waals surface area contributed by atoms with Crippen molar-refractivity contribution in [1.29, 1.82) is 0 Å². The van der Waals surface area contributed by atoms with E-state index >= 15 is 0 Å². The van der Waals surface area contributed by atoms with E-state index < -0.39 is 0 Å². The summed E-state index contributed by atoms with van der Waals surface area (Å²) in [5, 5.41) is 0. The Morgan fingerprint density at radius 3 is 2.00 bits per heavy atom. The van der Waals surface area contributed by atoms with E-state index in [0.29, 0.717) is 29.2 Å². The smallest absolute Gasteiger partial charge is 0.0355 e. The van der Waals surface area contributed by atoms with Crippen LogP contribution in [0.25, 0.3) is 0 Å². The molecule has 4 nitrogen and oxygen atoms in total. The lowest BCUT2D eigenvalue weighted by atomic mass is 10.2. The van der Waals surface area contributed by atoms with Crippen molar-refractivity contribution in [3.05, 3.63) is 47.1 Å². The van der Waals surface area contributed by atoms with Gasteiger partial charge in [0.2, 0.25) is 0 Å². The summed E-state index contributed by atoms with van der Waals surface area (Å²) in [5.41, 5.74) is 24.8. The fourth-order valence-corrected chi connectivity index (χ4v) is 1.04. The Balaban J connectivity index is 3.05. The highest BCUT2D eigenvalue weighted by Crippen LogP contribution is 2.06. The molecule has 0 aromatic heterocycles. The molecule has 0 aliphatic heterocycles. The van der Waals surface area contributed by atoms with Crippen molar-refractivity contribution < 1.29 is 0 Å². The first kappa shape index (κ1) is 9.25. The van der Waals surface area contributed by atoms with Crippen LogP contribution in [0.2, 0.25) is 0 Å². The molecule has 13 heavy (non-hydrogen) atoms. The highest BCUT2D eigenvalue weighted by molar-refractivity contribution is 5.35. The molecule has 0 bridgehead atoms. The first-order valence-electron chi connectivity index (χ1n) is 3.94. The lowest BCUT2D eigenvalue weighted by Gasteiger charge is -1.96. The molecule has 0 saturated heterocycles. The second-order valence-corrected chi connectivity index (χ2v) is 2.92. The van der Waals surface area contributed by atoms with E-state index in [2.05, 4.69) is 0 Å². The maximum Gasteiger partial charge on any atom is 0.0355 e. The maximum atomic E-state index is 5.65. The van der Waals surface area contributed by atoms with Crippen LogP contribution in [0.3, 0.4) is 0 Å². The van der Waals surface area contributed by atoms with Crippen molar-refractivity contribution in [2.24, 2.45) is 22.9 Å². The van der Waals surface area contributed by atoms with Crippen molar-refractivity contribution in [3.63, 3.8) is 0 Å². The average Bonchev–Trinajstić information content (AvgIpc) is 2.02. The van der Waals surface area contributed by atoms with Crippen LogP contribution in [0.4, 0.5) is 0 Å². The van der Waals surface area contributed by atoms with E-state index in [1.807, 2.05) is 0 Å². The van der Waals surface area contributed by atoms with Crippen LogP contribution in [0.1, 0.15) is 6.42 Å². The van der Waals surface area contributed by atoms with Crippen LogP contribution in [-0.2, 0) is 0 Å². The number of rotatable bonds is 0. The number of hydrogen-bond acceptors (Lipinski definition) is 4. The van der Waals surface area contributed by atoms with Gasteiger partial charge in [-0.2, -0.15) is 0 Å². The molecule has 4 heteroatoms. The molecule has 0 saturated carbocycles. The number of nitrogens with two attached hydrogens (primary N) is 4. The molecule has 0 radical (unpaired) electrons. The average molecular weight is 178 g/mol. The molecule has 0 fully saturated rings. The Kier molecular flexibility index (Phi) is 2.64. The zero-order chi connectivity index (χ0) is 9.84. The van der Waals surface area contributed by atoms with Gasteiger partial charge in [-0.05, 0) is 18.2 Å². The monoisotopic (exact) mass is 178 g/mol. The van der Waals surface area contributed by atoms with E-state index in [1.54, 1.807) is 24.3 Å². The Morgan fingerprint density at radius 1 is 0.769 bits per heavy atom. The molecule has 0 atom stereocenters. The second-order valence-electron chi connectivity index (χ2n) is 2.92. The van der Waals surface area contributed by atoms with Crippen molar-refractivity contribution in [2.75, 3.05) is 0 Å². The van der Waals surface area contributed by atoms with Crippen LogP contribution in [0.15, 0.2) is 47.1 Å². The second kappa shape index (κ2) is 3.71. The molecule has 1 aliphatic carbocycles. The zero-order valence-electron chi connectivity index (χ0n) is 7.33. The van der Waals surface area contributed by atoms with Gasteiger partial charge < -0.3 is 22.9 Å². The normalized spacial score (nSPS) is 34.5. The molecule has 70 valence electrons. The predicted octanol–water partition coefficient (Wildman–Crippen LogP) is -0.239. The van der Waals surface area contributed by atoms with Gasteiger partial charge in [0.05, 0.1) is 0 Å². The molecule has 0 unspecified atom stereocenters. The van der Waals surface area contributed by atoms with Crippen LogP contribution < -0.4 is 22.9 Å².